The minimum atomic E-state index is 0.0649. The number of furan rings is 1. The van der Waals surface area contributed by atoms with Crippen LogP contribution in [-0.4, -0.2) is 10.2 Å². The van der Waals surface area contributed by atoms with E-state index in [0.717, 1.165) is 33.9 Å². The van der Waals surface area contributed by atoms with E-state index in [4.69, 9.17) is 4.42 Å². The summed E-state index contributed by atoms with van der Waals surface area (Å²) in [6, 6.07) is 12.7. The van der Waals surface area contributed by atoms with Gasteiger partial charge in [0, 0.05) is 10.8 Å². The summed E-state index contributed by atoms with van der Waals surface area (Å²) in [5, 5.41) is 1.72. The highest BCUT2D eigenvalue weighted by Crippen LogP contribution is 2.63. The number of rotatable bonds is 2. The molecule has 5 heteroatoms. The maximum Gasteiger partial charge on any atom is 0.305 e. The van der Waals surface area contributed by atoms with Crippen molar-refractivity contribution >= 4 is 23.1 Å². The lowest BCUT2D eigenvalue weighted by molar-refractivity contribution is 0.285. The average Bonchev–Trinajstić information content (AvgIpc) is 3.43. The van der Waals surface area contributed by atoms with Gasteiger partial charge in [-0.2, -0.15) is 0 Å². The van der Waals surface area contributed by atoms with Gasteiger partial charge < -0.3 is 9.40 Å². The molecule has 0 amide bonds. The van der Waals surface area contributed by atoms with Crippen LogP contribution in [0.25, 0.3) is 11.3 Å². The molecule has 3 aromatic rings. The molecular weight excluding hydrogens is 374 g/mol. The van der Waals surface area contributed by atoms with Gasteiger partial charge in [-0.15, -0.1) is 11.8 Å². The van der Waals surface area contributed by atoms with E-state index in [1.807, 2.05) is 11.8 Å². The number of aryl methyl sites for hydroxylation is 1. The molecule has 3 nitrogen and oxygen atoms in total. The van der Waals surface area contributed by atoms with Crippen LogP contribution < -0.4 is 4.87 Å². The predicted molar refractivity (Wildman–Crippen MR) is 110 cm³/mol. The minimum absolute atomic E-state index is 0.0649. The van der Waals surface area contributed by atoms with Crippen molar-refractivity contribution in [1.29, 1.82) is 0 Å². The van der Waals surface area contributed by atoms with Crippen molar-refractivity contribution in [1.82, 2.24) is 4.98 Å². The Morgan fingerprint density at radius 3 is 2.74 bits per heavy atom. The predicted octanol–water partition coefficient (Wildman–Crippen LogP) is 5.66. The number of thioether (sulfide) groups is 1. The van der Waals surface area contributed by atoms with E-state index in [1.54, 1.807) is 0 Å². The molecule has 6 rings (SSSR count). The zero-order chi connectivity index (χ0) is 18.1. The van der Waals surface area contributed by atoms with Gasteiger partial charge in [0.2, 0.25) is 0 Å². The molecule has 2 fully saturated rings. The first kappa shape index (κ1) is 16.3. The van der Waals surface area contributed by atoms with Crippen LogP contribution in [0.4, 0.5) is 0 Å². The Labute approximate surface area is 166 Å². The van der Waals surface area contributed by atoms with Crippen molar-refractivity contribution in [3.8, 4) is 11.3 Å². The molecule has 5 atom stereocenters. The molecule has 138 valence electrons. The Kier molecular flexibility index (Phi) is 3.54. The summed E-state index contributed by atoms with van der Waals surface area (Å²) in [5.74, 6) is 4.36. The first-order chi connectivity index (χ1) is 13.2. The van der Waals surface area contributed by atoms with E-state index in [9.17, 15) is 4.79 Å². The van der Waals surface area contributed by atoms with Crippen molar-refractivity contribution in [3.05, 3.63) is 62.3 Å². The van der Waals surface area contributed by atoms with E-state index < -0.39 is 0 Å². The summed E-state index contributed by atoms with van der Waals surface area (Å²) in [7, 11) is 0. The molecule has 3 heterocycles. The summed E-state index contributed by atoms with van der Waals surface area (Å²) >= 11 is 3.31. The highest BCUT2D eigenvalue weighted by molar-refractivity contribution is 8.00. The summed E-state index contributed by atoms with van der Waals surface area (Å²) in [6.45, 7) is 2.10. The van der Waals surface area contributed by atoms with Crippen molar-refractivity contribution in [2.45, 2.75) is 42.4 Å². The van der Waals surface area contributed by atoms with Crippen LogP contribution in [0.1, 0.15) is 41.4 Å². The first-order valence-corrected chi connectivity index (χ1v) is 11.4. The molecule has 27 heavy (non-hydrogen) atoms. The maximum absolute atomic E-state index is 12.1. The molecule has 0 radical (unpaired) electrons. The fourth-order valence-electron chi connectivity index (χ4n) is 5.56. The van der Waals surface area contributed by atoms with E-state index in [0.29, 0.717) is 11.2 Å². The molecule has 0 saturated heterocycles. The minimum Gasteiger partial charge on any atom is -0.460 e. The quantitative estimate of drug-likeness (QED) is 0.609. The van der Waals surface area contributed by atoms with E-state index in [2.05, 4.69) is 48.3 Å². The van der Waals surface area contributed by atoms with Gasteiger partial charge in [-0.3, -0.25) is 4.79 Å². The number of H-pyrrole nitrogens is 1. The number of fused-ring (bicyclic) bond motifs is 6. The monoisotopic (exact) mass is 395 g/mol. The maximum atomic E-state index is 12.1. The molecular formula is C22H21NO2S2. The van der Waals surface area contributed by atoms with Gasteiger partial charge in [0.1, 0.15) is 11.5 Å². The molecule has 1 aromatic carbocycles. The highest BCUT2D eigenvalue weighted by atomic mass is 32.2. The summed E-state index contributed by atoms with van der Waals surface area (Å²) in [4.78, 5) is 16.5. The van der Waals surface area contributed by atoms with Gasteiger partial charge in [-0.25, -0.2) is 0 Å². The third-order valence-corrected chi connectivity index (χ3v) is 9.36. The molecule has 2 aromatic heterocycles. The normalized spacial score (nSPS) is 31.1. The SMILES string of the molecule is Cc1ccc(-c2ccc([C@@H]3c4sc(=O)[nH]c4S[C@@H]4[C@H]5CC[C@@H](C5)[C@@H]34)o2)cc1. The number of benzene rings is 1. The van der Waals surface area contributed by atoms with Gasteiger partial charge in [-0.05, 0) is 56.1 Å². The third-order valence-electron chi connectivity index (χ3n) is 6.73. The van der Waals surface area contributed by atoms with Crippen LogP contribution >= 0.6 is 23.1 Å². The van der Waals surface area contributed by atoms with Gasteiger partial charge in [0.25, 0.3) is 0 Å². The first-order valence-electron chi connectivity index (χ1n) is 9.74. The largest absolute Gasteiger partial charge is 0.460 e. The molecule has 2 aliphatic carbocycles. The van der Waals surface area contributed by atoms with Gasteiger partial charge in [-0.1, -0.05) is 41.2 Å². The van der Waals surface area contributed by atoms with Crippen molar-refractivity contribution in [3.63, 3.8) is 0 Å². The van der Waals surface area contributed by atoms with Gasteiger partial charge in [0.15, 0.2) is 0 Å². The number of aromatic nitrogens is 1. The number of thiazole rings is 1. The topological polar surface area (TPSA) is 46.0 Å². The second-order valence-electron chi connectivity index (χ2n) is 8.25. The second-order valence-corrected chi connectivity index (χ2v) is 10.4. The lowest BCUT2D eigenvalue weighted by atomic mass is 9.77. The lowest BCUT2D eigenvalue weighted by Crippen LogP contribution is -2.33. The number of hydrogen-bond acceptors (Lipinski definition) is 4. The van der Waals surface area contributed by atoms with Gasteiger partial charge in [0.05, 0.1) is 15.8 Å². The van der Waals surface area contributed by atoms with Crippen LogP contribution in [0.15, 0.2) is 50.6 Å². The Balaban J connectivity index is 1.45. The van der Waals surface area contributed by atoms with Crippen molar-refractivity contribution in [2.24, 2.45) is 17.8 Å². The molecule has 0 spiro atoms. The number of hydrogen-bond donors (Lipinski definition) is 1. The fraction of sp³-hybridized carbons (Fsp3) is 0.409. The smallest absolute Gasteiger partial charge is 0.305 e. The molecule has 2 saturated carbocycles. The van der Waals surface area contributed by atoms with Crippen LogP contribution in [0.2, 0.25) is 0 Å². The third kappa shape index (κ3) is 2.44. The van der Waals surface area contributed by atoms with Crippen molar-refractivity contribution < 1.29 is 4.42 Å². The lowest BCUT2D eigenvalue weighted by Gasteiger charge is -2.38. The van der Waals surface area contributed by atoms with E-state index in [1.165, 1.54) is 41.0 Å². The summed E-state index contributed by atoms with van der Waals surface area (Å²) < 4.78 is 6.41. The van der Waals surface area contributed by atoms with E-state index >= 15 is 0 Å². The summed E-state index contributed by atoms with van der Waals surface area (Å²) in [6.07, 6.45) is 4.04. The number of nitrogens with one attached hydrogen (secondary N) is 1. The molecule has 2 bridgehead atoms. The Bertz CT molecular complexity index is 1060. The Morgan fingerprint density at radius 2 is 1.89 bits per heavy atom. The Morgan fingerprint density at radius 1 is 1.07 bits per heavy atom. The van der Waals surface area contributed by atoms with Crippen LogP contribution in [0.3, 0.4) is 0 Å². The average molecular weight is 396 g/mol. The highest BCUT2D eigenvalue weighted by Gasteiger charge is 2.55. The zero-order valence-corrected chi connectivity index (χ0v) is 16.7. The van der Waals surface area contributed by atoms with Crippen molar-refractivity contribution in [2.75, 3.05) is 0 Å². The molecule has 3 aliphatic rings. The summed E-state index contributed by atoms with van der Waals surface area (Å²) in [5.41, 5.74) is 2.37. The van der Waals surface area contributed by atoms with E-state index in [-0.39, 0.29) is 10.8 Å². The molecule has 1 aliphatic heterocycles. The van der Waals surface area contributed by atoms with Gasteiger partial charge >= 0.3 is 4.87 Å². The molecule has 0 unspecified atom stereocenters. The van der Waals surface area contributed by atoms with Crippen LogP contribution in [0.5, 0.6) is 0 Å². The standard InChI is InChI=1S/C22H21NO2S2/c1-11-2-4-12(5-3-11)15-8-9-16(25-15)18-17-13-6-7-14(10-13)19(17)26-21-20(18)27-22(24)23-21/h2-5,8-9,13-14,17-19H,6-7,10H2,1H3,(H,23,24)/t13-,14-,17-,18-,19+/m0/s1. The Hall–Kier alpha value is -1.72. The van der Waals surface area contributed by atoms with Crippen LogP contribution in [-0.2, 0) is 0 Å². The van der Waals surface area contributed by atoms with Crippen LogP contribution in [0, 0.1) is 24.7 Å². The number of aromatic amines is 1. The molecule has 1 N–H and O–H groups in total. The fourth-order valence-corrected chi connectivity index (χ4v) is 8.43. The zero-order valence-electron chi connectivity index (χ0n) is 15.1. The second kappa shape index (κ2) is 5.89.